The summed E-state index contributed by atoms with van der Waals surface area (Å²) in [6.45, 7) is 14.2. The molecule has 10 N–H and O–H groups in total. The van der Waals surface area contributed by atoms with E-state index in [0.29, 0.717) is 31.2 Å². The number of carbonyl (C=O) groups excluding carboxylic acids is 3. The molecule has 0 aromatic heterocycles. The molecule has 9 rings (SSSR count). The maximum atomic E-state index is 15.6. The fourth-order valence-corrected chi connectivity index (χ4v) is 16.2. The number of fused-ring (bicyclic) bond motifs is 7. The quantitative estimate of drug-likeness (QED) is 0.0618. The van der Waals surface area contributed by atoms with Crippen LogP contribution < -0.4 is 0 Å². The zero-order valence-corrected chi connectivity index (χ0v) is 46.0. The molecule has 3 saturated heterocycles. The fraction of sp³-hybridized carbons (Fsp3) is 0.807. The molecule has 0 amide bonds. The minimum atomic E-state index is -1.90. The molecular weight excluding hydrogens is 1020 g/mol. The third kappa shape index (κ3) is 9.93. The topological polar surface area (TPSA) is 327 Å². The minimum absolute atomic E-state index is 0.0354. The van der Waals surface area contributed by atoms with Gasteiger partial charge in [-0.25, -0.2) is 4.79 Å². The Kier molecular flexibility index (Phi) is 16.5. The van der Waals surface area contributed by atoms with Crippen molar-refractivity contribution >= 4 is 17.9 Å². The number of allylic oxidation sites excluding steroid dienone is 2. The maximum absolute atomic E-state index is 15.6. The average molecular weight is 1110 g/mol. The van der Waals surface area contributed by atoms with E-state index in [2.05, 4.69) is 54.5 Å². The van der Waals surface area contributed by atoms with Crippen molar-refractivity contribution in [3.63, 3.8) is 0 Å². The summed E-state index contributed by atoms with van der Waals surface area (Å²) in [5.74, 6) is -2.75. The molecule has 1 aromatic rings. The summed E-state index contributed by atoms with van der Waals surface area (Å²) in [7, 11) is 1.14. The van der Waals surface area contributed by atoms with Crippen LogP contribution in [-0.2, 0) is 58.7 Å². The monoisotopic (exact) mass is 1100 g/mol. The lowest BCUT2D eigenvalue weighted by Crippen LogP contribution is -2.68. The highest BCUT2D eigenvalue weighted by Crippen LogP contribution is 2.76. The molecule has 3 aliphatic heterocycles. The molecule has 0 spiro atoms. The van der Waals surface area contributed by atoms with Crippen LogP contribution in [0.3, 0.4) is 0 Å². The lowest BCUT2D eigenvalue weighted by atomic mass is 9.33. The standard InChI is InChI=1S/C57H84O21/c1-52(2)21-22-57(51(70)78-50-46(75-37(62)16-11-27-9-12-28(59)13-10-27)44(31(60)26-72-50)76-48-42(67)39(64)38(63)32(25-58)73-48)30(23-52)29-14-15-34-54(5)19-18-36(74-49-43(68)40(65)41(66)45(77-49)47(69)71-8)53(3,4)33(54)17-20-55(34,6)56(29,7)24-35(57)61/h9-10,12-14,30-36,38-46,48-50,58-61,63-68H,11,15-26H2,1-8H3/t30-,31+,32+,33-,34+,35+,36-,38+,39-,40-,41-,42+,43+,44+,45-,46-,48-,49+,50-,54-,55+,56+,57+/m0/s1. The van der Waals surface area contributed by atoms with E-state index >= 15 is 4.79 Å². The molecule has 7 fully saturated rings. The number of hydrogen-bond acceptors (Lipinski definition) is 21. The molecule has 0 unspecified atom stereocenters. The number of hydrogen-bond donors (Lipinski definition) is 10. The van der Waals surface area contributed by atoms with Gasteiger partial charge in [0, 0.05) is 6.42 Å². The second-order valence-electron chi connectivity index (χ2n) is 26.0. The van der Waals surface area contributed by atoms with Gasteiger partial charge in [-0.1, -0.05) is 72.2 Å². The van der Waals surface area contributed by atoms with Gasteiger partial charge in [-0.2, -0.15) is 0 Å². The summed E-state index contributed by atoms with van der Waals surface area (Å²) in [5, 5.41) is 109. The Morgan fingerprint density at radius 3 is 2.04 bits per heavy atom. The van der Waals surface area contributed by atoms with E-state index in [0.717, 1.165) is 31.9 Å². The van der Waals surface area contributed by atoms with E-state index in [1.807, 2.05) is 0 Å². The molecule has 1 aromatic carbocycles. The Bertz CT molecular complexity index is 2380. The third-order valence-electron chi connectivity index (χ3n) is 20.9. The van der Waals surface area contributed by atoms with Crippen LogP contribution in [0, 0.1) is 50.2 Å². The minimum Gasteiger partial charge on any atom is -0.508 e. The highest BCUT2D eigenvalue weighted by Gasteiger charge is 2.72. The van der Waals surface area contributed by atoms with Gasteiger partial charge in [0.25, 0.3) is 0 Å². The van der Waals surface area contributed by atoms with E-state index in [-0.39, 0.29) is 59.5 Å². The molecular formula is C57H84O21. The summed E-state index contributed by atoms with van der Waals surface area (Å²) in [6, 6.07) is 6.21. The molecule has 21 nitrogen and oxygen atoms in total. The van der Waals surface area contributed by atoms with Crippen molar-refractivity contribution in [1.82, 2.24) is 0 Å². The van der Waals surface area contributed by atoms with Gasteiger partial charge in [0.2, 0.25) is 6.29 Å². The number of phenols is 1. The normalized spacial score (nSPS) is 46.7. The van der Waals surface area contributed by atoms with Crippen molar-refractivity contribution in [3.05, 3.63) is 41.5 Å². The first-order valence-corrected chi connectivity index (χ1v) is 27.8. The summed E-state index contributed by atoms with van der Waals surface area (Å²) >= 11 is 0. The van der Waals surface area contributed by atoms with Crippen molar-refractivity contribution < 1.29 is 103 Å². The first-order valence-electron chi connectivity index (χ1n) is 27.8. The zero-order valence-electron chi connectivity index (χ0n) is 46.0. The van der Waals surface area contributed by atoms with E-state index in [1.54, 1.807) is 12.1 Å². The van der Waals surface area contributed by atoms with Gasteiger partial charge in [0.15, 0.2) is 24.8 Å². The van der Waals surface area contributed by atoms with Crippen LogP contribution in [0.2, 0.25) is 0 Å². The summed E-state index contributed by atoms with van der Waals surface area (Å²) in [4.78, 5) is 41.9. The second kappa shape index (κ2) is 21.7. The molecule has 78 heavy (non-hydrogen) atoms. The number of aliphatic hydroxyl groups is 9. The molecule has 5 aliphatic carbocycles. The van der Waals surface area contributed by atoms with Gasteiger partial charge in [0.1, 0.15) is 66.1 Å². The number of carbonyl (C=O) groups is 3. The van der Waals surface area contributed by atoms with E-state index in [9.17, 15) is 60.7 Å². The van der Waals surface area contributed by atoms with Crippen LogP contribution in [0.1, 0.15) is 118 Å². The number of aromatic hydroxyl groups is 1. The molecule has 23 atom stereocenters. The molecule has 3 heterocycles. The van der Waals surface area contributed by atoms with Gasteiger partial charge in [0.05, 0.1) is 32.5 Å². The lowest BCUT2D eigenvalue weighted by molar-refractivity contribution is -0.347. The van der Waals surface area contributed by atoms with Crippen LogP contribution in [-0.4, -0.2) is 188 Å². The second-order valence-corrected chi connectivity index (χ2v) is 26.0. The number of esters is 3. The number of benzene rings is 1. The molecule has 8 aliphatic rings. The summed E-state index contributed by atoms with van der Waals surface area (Å²) < 4.78 is 47.3. The van der Waals surface area contributed by atoms with E-state index < -0.39 is 152 Å². The Morgan fingerprint density at radius 1 is 0.705 bits per heavy atom. The van der Waals surface area contributed by atoms with Crippen LogP contribution in [0.25, 0.3) is 0 Å². The Morgan fingerprint density at radius 2 is 1.37 bits per heavy atom. The highest BCUT2D eigenvalue weighted by atomic mass is 16.8. The van der Waals surface area contributed by atoms with Gasteiger partial charge >= 0.3 is 17.9 Å². The SMILES string of the molecule is COC(=O)[C@H]1O[C@@H](O[C@H]2CC[C@]3(C)[C@H]4CC=C5[C@@H]6CC(C)(C)CC[C@]6(C(=O)O[C@@H]6OC[C@@H](O)[C@@H](O[C@@H]7O[C@H](CO)[C@@H](O)[C@H](O)[C@H]7O)[C@@H]6OC(=O)CCc6ccc(O)cc6)[C@H](O)C[C@@]5(C)[C@]4(C)CC[C@H]3C2(C)C)[C@H](O)[C@@H](O)[C@@H]1O. The number of phenolic OH excluding ortho intramolecular Hbond substituents is 1. The number of aliphatic hydroxyl groups excluding tert-OH is 9. The van der Waals surface area contributed by atoms with Crippen molar-refractivity contribution in [2.45, 2.75) is 217 Å². The van der Waals surface area contributed by atoms with Crippen molar-refractivity contribution in [3.8, 4) is 5.75 Å². The Labute approximate surface area is 455 Å². The van der Waals surface area contributed by atoms with E-state index in [4.69, 9.17) is 37.9 Å². The van der Waals surface area contributed by atoms with Crippen molar-refractivity contribution in [2.24, 2.45) is 50.2 Å². The summed E-state index contributed by atoms with van der Waals surface area (Å²) in [6.07, 6.45) is -17.6. The maximum Gasteiger partial charge on any atom is 0.337 e. The highest BCUT2D eigenvalue weighted by molar-refractivity contribution is 5.80. The number of ether oxygens (including phenoxy) is 8. The zero-order chi connectivity index (χ0) is 56.8. The number of rotatable bonds is 12. The van der Waals surface area contributed by atoms with Gasteiger partial charge in [-0.05, 0) is 127 Å². The van der Waals surface area contributed by atoms with Crippen molar-refractivity contribution in [2.75, 3.05) is 20.3 Å². The molecule has 21 heteroatoms. The van der Waals surface area contributed by atoms with Crippen LogP contribution >= 0.6 is 0 Å². The Hall–Kier alpha value is -3.39. The molecule has 0 bridgehead atoms. The fourth-order valence-electron chi connectivity index (χ4n) is 16.2. The van der Waals surface area contributed by atoms with E-state index in [1.165, 1.54) is 12.1 Å². The predicted octanol–water partition coefficient (Wildman–Crippen LogP) is 1.82. The van der Waals surface area contributed by atoms with Crippen LogP contribution in [0.5, 0.6) is 5.75 Å². The Balaban J connectivity index is 0.991. The van der Waals surface area contributed by atoms with Gasteiger partial charge in [-0.15, -0.1) is 0 Å². The lowest BCUT2D eigenvalue weighted by Gasteiger charge is -2.71. The average Bonchev–Trinajstić information content (AvgIpc) is 2.34. The first-order chi connectivity index (χ1) is 36.6. The predicted molar refractivity (Wildman–Crippen MR) is 271 cm³/mol. The van der Waals surface area contributed by atoms with Crippen molar-refractivity contribution in [1.29, 1.82) is 0 Å². The largest absolute Gasteiger partial charge is 0.508 e. The molecule has 438 valence electrons. The first kappa shape index (κ1) is 59.2. The summed E-state index contributed by atoms with van der Waals surface area (Å²) in [5.41, 5.74) is -1.71. The number of aryl methyl sites for hydroxylation is 1. The van der Waals surface area contributed by atoms with Gasteiger partial charge in [-0.3, -0.25) is 9.59 Å². The molecule has 4 saturated carbocycles. The number of methoxy groups -OCH3 is 1. The third-order valence-corrected chi connectivity index (χ3v) is 20.9. The van der Waals surface area contributed by atoms with Gasteiger partial charge < -0.3 is 89.0 Å². The van der Waals surface area contributed by atoms with Crippen LogP contribution in [0.4, 0.5) is 0 Å². The smallest absolute Gasteiger partial charge is 0.337 e. The van der Waals surface area contributed by atoms with Crippen LogP contribution in [0.15, 0.2) is 35.9 Å². The molecule has 0 radical (unpaired) electrons.